The van der Waals surface area contributed by atoms with E-state index >= 15 is 0 Å². The predicted octanol–water partition coefficient (Wildman–Crippen LogP) is 2.52. The van der Waals surface area contributed by atoms with E-state index in [1.807, 2.05) is 11.6 Å². The SMILES string of the molecule is COc1cccc(NC(=O)NS(=O)(=O)c2ccc(C)cc2)c1OC. The first kappa shape index (κ1) is 17.6. The standard InChI is InChI=1S/C16H18N2O5S/c1-11-7-9-12(10-8-11)24(20,21)18-16(19)17-13-5-4-6-14(22-2)15(13)23-3/h4-10H,1-3H3,(H2,17,18,19). The van der Waals surface area contributed by atoms with Crippen molar-refractivity contribution in [2.24, 2.45) is 0 Å². The molecule has 0 fully saturated rings. The van der Waals surface area contributed by atoms with Crippen LogP contribution >= 0.6 is 0 Å². The molecule has 0 spiro atoms. The fourth-order valence-electron chi connectivity index (χ4n) is 2.03. The molecule has 0 bridgehead atoms. The summed E-state index contributed by atoms with van der Waals surface area (Å²) in [4.78, 5) is 12.0. The molecular weight excluding hydrogens is 332 g/mol. The first-order valence-electron chi connectivity index (χ1n) is 6.99. The van der Waals surface area contributed by atoms with E-state index in [2.05, 4.69) is 5.32 Å². The van der Waals surface area contributed by atoms with E-state index in [0.717, 1.165) is 5.56 Å². The number of urea groups is 1. The van der Waals surface area contributed by atoms with Gasteiger partial charge in [0.15, 0.2) is 11.5 Å². The van der Waals surface area contributed by atoms with Gasteiger partial charge in [-0.2, -0.15) is 0 Å². The fourth-order valence-corrected chi connectivity index (χ4v) is 2.94. The number of hydrogen-bond donors (Lipinski definition) is 2. The Balaban J connectivity index is 2.18. The Morgan fingerprint density at radius 2 is 1.67 bits per heavy atom. The molecule has 0 aliphatic rings. The third kappa shape index (κ3) is 3.96. The summed E-state index contributed by atoms with van der Waals surface area (Å²) in [6.45, 7) is 1.84. The first-order chi connectivity index (χ1) is 11.4. The monoisotopic (exact) mass is 350 g/mol. The Morgan fingerprint density at radius 3 is 2.25 bits per heavy atom. The normalized spacial score (nSPS) is 10.8. The number of methoxy groups -OCH3 is 2. The number of benzene rings is 2. The van der Waals surface area contributed by atoms with Crippen LogP contribution < -0.4 is 19.5 Å². The predicted molar refractivity (Wildman–Crippen MR) is 90.1 cm³/mol. The molecular formula is C16H18N2O5S. The van der Waals surface area contributed by atoms with Gasteiger partial charge >= 0.3 is 6.03 Å². The lowest BCUT2D eigenvalue weighted by Crippen LogP contribution is -2.34. The number of aryl methyl sites for hydroxylation is 1. The number of carbonyl (C=O) groups excluding carboxylic acids is 1. The quantitative estimate of drug-likeness (QED) is 0.864. The molecule has 0 aliphatic carbocycles. The smallest absolute Gasteiger partial charge is 0.333 e. The van der Waals surface area contributed by atoms with E-state index in [0.29, 0.717) is 11.5 Å². The number of ether oxygens (including phenoxy) is 2. The molecule has 0 saturated heterocycles. The van der Waals surface area contributed by atoms with E-state index in [4.69, 9.17) is 9.47 Å². The number of hydrogen-bond acceptors (Lipinski definition) is 5. The lowest BCUT2D eigenvalue weighted by Gasteiger charge is -2.14. The topological polar surface area (TPSA) is 93.7 Å². The summed E-state index contributed by atoms with van der Waals surface area (Å²) in [6.07, 6.45) is 0. The largest absolute Gasteiger partial charge is 0.493 e. The van der Waals surface area contributed by atoms with Gasteiger partial charge in [0.05, 0.1) is 24.8 Å². The third-order valence-electron chi connectivity index (χ3n) is 3.21. The number of amides is 2. The maximum Gasteiger partial charge on any atom is 0.333 e. The summed E-state index contributed by atoms with van der Waals surface area (Å²) in [5.41, 5.74) is 1.20. The van der Waals surface area contributed by atoms with Gasteiger partial charge in [-0.3, -0.25) is 0 Å². The Kier molecular flexibility index (Phi) is 5.30. The number of para-hydroxylation sites is 1. The highest BCUT2D eigenvalue weighted by Gasteiger charge is 2.19. The molecule has 2 aromatic rings. The van der Waals surface area contributed by atoms with Crippen LogP contribution in [-0.4, -0.2) is 28.7 Å². The van der Waals surface area contributed by atoms with Crippen molar-refractivity contribution in [1.29, 1.82) is 0 Å². The van der Waals surface area contributed by atoms with Crippen LogP contribution in [0.4, 0.5) is 10.5 Å². The van der Waals surface area contributed by atoms with E-state index < -0.39 is 16.1 Å². The second-order valence-electron chi connectivity index (χ2n) is 4.91. The maximum atomic E-state index is 12.2. The van der Waals surface area contributed by atoms with Gasteiger partial charge < -0.3 is 14.8 Å². The number of sulfonamides is 1. The van der Waals surface area contributed by atoms with E-state index in [1.54, 1.807) is 30.3 Å². The molecule has 7 nitrogen and oxygen atoms in total. The van der Waals surface area contributed by atoms with Crippen LogP contribution in [0.25, 0.3) is 0 Å². The average molecular weight is 350 g/mol. The van der Waals surface area contributed by atoms with Gasteiger partial charge in [0.25, 0.3) is 10.0 Å². The Labute approximate surface area is 140 Å². The molecule has 0 unspecified atom stereocenters. The zero-order chi connectivity index (χ0) is 17.7. The van der Waals surface area contributed by atoms with Crippen molar-refractivity contribution in [1.82, 2.24) is 4.72 Å². The Hall–Kier alpha value is -2.74. The highest BCUT2D eigenvalue weighted by molar-refractivity contribution is 7.90. The Bertz CT molecular complexity index is 832. The zero-order valence-corrected chi connectivity index (χ0v) is 14.3. The van der Waals surface area contributed by atoms with Crippen LogP contribution in [0.1, 0.15) is 5.56 Å². The van der Waals surface area contributed by atoms with Gasteiger partial charge in [-0.25, -0.2) is 17.9 Å². The molecule has 0 aliphatic heterocycles. The van der Waals surface area contributed by atoms with Crippen molar-refractivity contribution in [3.05, 3.63) is 48.0 Å². The van der Waals surface area contributed by atoms with Crippen LogP contribution in [0.15, 0.2) is 47.4 Å². The summed E-state index contributed by atoms with van der Waals surface area (Å²) in [5, 5.41) is 2.44. The van der Waals surface area contributed by atoms with Gasteiger partial charge in [-0.1, -0.05) is 23.8 Å². The molecule has 0 atom stereocenters. The van der Waals surface area contributed by atoms with Crippen LogP contribution in [0.5, 0.6) is 11.5 Å². The first-order valence-corrected chi connectivity index (χ1v) is 8.47. The summed E-state index contributed by atoms with van der Waals surface area (Å²) in [5.74, 6) is 0.708. The van der Waals surface area contributed by atoms with Gasteiger partial charge in [0.2, 0.25) is 0 Å². The average Bonchev–Trinajstić information content (AvgIpc) is 2.54. The lowest BCUT2D eigenvalue weighted by molar-refractivity contribution is 0.256. The molecule has 128 valence electrons. The van der Waals surface area contributed by atoms with E-state index in [-0.39, 0.29) is 10.6 Å². The molecule has 0 aromatic heterocycles. The van der Waals surface area contributed by atoms with E-state index in [9.17, 15) is 13.2 Å². The number of carbonyl (C=O) groups is 1. The minimum absolute atomic E-state index is 0.000794. The summed E-state index contributed by atoms with van der Waals surface area (Å²) in [7, 11) is -1.08. The van der Waals surface area contributed by atoms with Crippen molar-refractivity contribution in [2.75, 3.05) is 19.5 Å². The molecule has 2 N–H and O–H groups in total. The van der Waals surface area contributed by atoms with Crippen LogP contribution in [0.2, 0.25) is 0 Å². The third-order valence-corrected chi connectivity index (χ3v) is 4.56. The summed E-state index contributed by atoms with van der Waals surface area (Å²) < 4.78 is 36.6. The summed E-state index contributed by atoms with van der Waals surface area (Å²) >= 11 is 0. The van der Waals surface area contributed by atoms with Crippen LogP contribution in [0.3, 0.4) is 0 Å². The number of nitrogens with one attached hydrogen (secondary N) is 2. The van der Waals surface area contributed by atoms with Gasteiger partial charge in [0, 0.05) is 0 Å². The molecule has 2 aromatic carbocycles. The highest BCUT2D eigenvalue weighted by atomic mass is 32.2. The van der Waals surface area contributed by atoms with Crippen molar-refractivity contribution in [3.63, 3.8) is 0 Å². The lowest BCUT2D eigenvalue weighted by atomic mass is 10.2. The van der Waals surface area contributed by atoms with Crippen molar-refractivity contribution in [2.45, 2.75) is 11.8 Å². The molecule has 8 heteroatoms. The molecule has 0 heterocycles. The minimum atomic E-state index is -3.97. The second kappa shape index (κ2) is 7.22. The molecule has 0 saturated carbocycles. The summed E-state index contributed by atoms with van der Waals surface area (Å²) in [6, 6.07) is 10.1. The Morgan fingerprint density at radius 1 is 1.00 bits per heavy atom. The van der Waals surface area contributed by atoms with Gasteiger partial charge in [-0.05, 0) is 31.2 Å². The van der Waals surface area contributed by atoms with Gasteiger partial charge in [0.1, 0.15) is 0 Å². The van der Waals surface area contributed by atoms with Gasteiger partial charge in [-0.15, -0.1) is 0 Å². The van der Waals surface area contributed by atoms with E-state index in [1.165, 1.54) is 26.4 Å². The minimum Gasteiger partial charge on any atom is -0.493 e. The second-order valence-corrected chi connectivity index (χ2v) is 6.60. The van der Waals surface area contributed by atoms with Crippen molar-refractivity contribution in [3.8, 4) is 11.5 Å². The molecule has 2 amide bonds. The van der Waals surface area contributed by atoms with Crippen molar-refractivity contribution >= 4 is 21.7 Å². The van der Waals surface area contributed by atoms with Crippen molar-refractivity contribution < 1.29 is 22.7 Å². The maximum absolute atomic E-state index is 12.2. The van der Waals surface area contributed by atoms with Crippen LogP contribution in [-0.2, 0) is 10.0 Å². The molecule has 24 heavy (non-hydrogen) atoms. The fraction of sp³-hybridized carbons (Fsp3) is 0.188. The van der Waals surface area contributed by atoms with Crippen LogP contribution in [0, 0.1) is 6.92 Å². The number of anilines is 1. The number of rotatable bonds is 5. The zero-order valence-electron chi connectivity index (χ0n) is 13.5. The molecule has 2 rings (SSSR count). The highest BCUT2D eigenvalue weighted by Crippen LogP contribution is 2.34. The molecule has 0 radical (unpaired) electrons.